The zero-order valence-corrected chi connectivity index (χ0v) is 16.8. The molecule has 2 saturated heterocycles. The second-order valence-corrected chi connectivity index (χ2v) is 8.39. The van der Waals surface area contributed by atoms with E-state index in [0.29, 0.717) is 13.1 Å². The lowest BCUT2D eigenvalue weighted by Crippen LogP contribution is -2.46. The highest BCUT2D eigenvalue weighted by molar-refractivity contribution is 5.83. The van der Waals surface area contributed by atoms with E-state index in [2.05, 4.69) is 27.1 Å². The number of amides is 2. The van der Waals surface area contributed by atoms with Crippen LogP contribution in [-0.4, -0.2) is 72.9 Å². The third kappa shape index (κ3) is 4.46. The molecule has 1 aromatic rings. The van der Waals surface area contributed by atoms with Crippen LogP contribution in [0.25, 0.3) is 0 Å². The van der Waals surface area contributed by atoms with Crippen molar-refractivity contribution in [1.29, 1.82) is 0 Å². The summed E-state index contributed by atoms with van der Waals surface area (Å²) < 4.78 is 0. The summed E-state index contributed by atoms with van der Waals surface area (Å²) in [5.41, 5.74) is 1.06. The second-order valence-electron chi connectivity index (χ2n) is 8.39. The van der Waals surface area contributed by atoms with Crippen LogP contribution in [0.3, 0.4) is 0 Å². The Morgan fingerprint density at radius 3 is 2.64 bits per heavy atom. The number of likely N-dealkylation sites (N-methyl/N-ethyl adjacent to an activating group) is 1. The molecule has 152 valence electrons. The summed E-state index contributed by atoms with van der Waals surface area (Å²) in [7, 11) is 2.14. The SMILES string of the molecule is CN1CCN(c2ncccc2CNC(=O)C2CCCN(C(=O)C3CC3)C2)CC1. The molecule has 0 bridgehead atoms. The van der Waals surface area contributed by atoms with E-state index in [-0.39, 0.29) is 23.7 Å². The lowest BCUT2D eigenvalue weighted by atomic mass is 9.96. The maximum Gasteiger partial charge on any atom is 0.225 e. The van der Waals surface area contributed by atoms with E-state index in [1.807, 2.05) is 23.2 Å². The van der Waals surface area contributed by atoms with Crippen molar-refractivity contribution in [2.75, 3.05) is 51.2 Å². The summed E-state index contributed by atoms with van der Waals surface area (Å²) in [6.45, 7) is 5.81. The minimum atomic E-state index is -0.0970. The van der Waals surface area contributed by atoms with Gasteiger partial charge in [-0.3, -0.25) is 9.59 Å². The van der Waals surface area contributed by atoms with Crippen molar-refractivity contribution in [1.82, 2.24) is 20.1 Å². The molecule has 1 atom stereocenters. The van der Waals surface area contributed by atoms with Crippen molar-refractivity contribution in [3.05, 3.63) is 23.9 Å². The van der Waals surface area contributed by atoms with Gasteiger partial charge in [0.25, 0.3) is 0 Å². The van der Waals surface area contributed by atoms with Crippen LogP contribution < -0.4 is 10.2 Å². The third-order valence-electron chi connectivity index (χ3n) is 6.15. The van der Waals surface area contributed by atoms with Crippen LogP contribution in [0.2, 0.25) is 0 Å². The van der Waals surface area contributed by atoms with Gasteiger partial charge >= 0.3 is 0 Å². The molecule has 0 radical (unpaired) electrons. The lowest BCUT2D eigenvalue weighted by Gasteiger charge is -2.34. The van der Waals surface area contributed by atoms with Crippen molar-refractivity contribution in [2.45, 2.75) is 32.2 Å². The Bertz CT molecular complexity index is 713. The number of piperazine rings is 1. The van der Waals surface area contributed by atoms with Gasteiger partial charge in [0, 0.05) is 63.5 Å². The van der Waals surface area contributed by atoms with Gasteiger partial charge in [-0.25, -0.2) is 4.98 Å². The minimum Gasteiger partial charge on any atom is -0.354 e. The molecule has 3 fully saturated rings. The van der Waals surface area contributed by atoms with Gasteiger partial charge in [-0.2, -0.15) is 0 Å². The molecule has 2 aliphatic heterocycles. The van der Waals surface area contributed by atoms with Crippen molar-refractivity contribution in [3.63, 3.8) is 0 Å². The number of carbonyl (C=O) groups is 2. The molecule has 1 saturated carbocycles. The highest BCUT2D eigenvalue weighted by atomic mass is 16.2. The van der Waals surface area contributed by atoms with Crippen molar-refractivity contribution in [2.24, 2.45) is 11.8 Å². The number of nitrogens with one attached hydrogen (secondary N) is 1. The Kier molecular flexibility index (Phi) is 5.80. The van der Waals surface area contributed by atoms with E-state index in [0.717, 1.165) is 69.8 Å². The van der Waals surface area contributed by atoms with Gasteiger partial charge in [0.1, 0.15) is 5.82 Å². The summed E-state index contributed by atoms with van der Waals surface area (Å²) in [6.07, 6.45) is 5.63. The number of likely N-dealkylation sites (tertiary alicyclic amines) is 1. The monoisotopic (exact) mass is 385 g/mol. The first kappa shape index (κ1) is 19.2. The lowest BCUT2D eigenvalue weighted by molar-refractivity contribution is -0.136. The first-order chi connectivity index (χ1) is 13.6. The number of piperidine rings is 1. The number of pyridine rings is 1. The average Bonchev–Trinajstić information content (AvgIpc) is 3.58. The first-order valence-electron chi connectivity index (χ1n) is 10.6. The van der Waals surface area contributed by atoms with Crippen molar-refractivity contribution in [3.8, 4) is 0 Å². The molecule has 1 aromatic heterocycles. The predicted octanol–water partition coefficient (Wildman–Crippen LogP) is 1.10. The zero-order valence-electron chi connectivity index (χ0n) is 16.8. The quantitative estimate of drug-likeness (QED) is 0.822. The molecule has 1 unspecified atom stereocenters. The van der Waals surface area contributed by atoms with Crippen LogP contribution in [0.5, 0.6) is 0 Å². The number of anilines is 1. The number of aromatic nitrogens is 1. The largest absolute Gasteiger partial charge is 0.354 e. The van der Waals surface area contributed by atoms with Gasteiger partial charge in [0.2, 0.25) is 11.8 Å². The molecule has 28 heavy (non-hydrogen) atoms. The number of nitrogens with zero attached hydrogens (tertiary/aromatic N) is 4. The smallest absolute Gasteiger partial charge is 0.225 e. The minimum absolute atomic E-state index is 0.0569. The number of hydrogen-bond donors (Lipinski definition) is 1. The van der Waals surface area contributed by atoms with Crippen molar-refractivity contribution >= 4 is 17.6 Å². The predicted molar refractivity (Wildman–Crippen MR) is 108 cm³/mol. The summed E-state index contributed by atoms with van der Waals surface area (Å²) in [5, 5.41) is 3.11. The summed E-state index contributed by atoms with van der Waals surface area (Å²) in [4.78, 5) is 36.2. The van der Waals surface area contributed by atoms with Crippen LogP contribution >= 0.6 is 0 Å². The highest BCUT2D eigenvalue weighted by Gasteiger charge is 2.36. The van der Waals surface area contributed by atoms with Crippen LogP contribution in [-0.2, 0) is 16.1 Å². The molecule has 3 aliphatic rings. The Morgan fingerprint density at radius 2 is 1.89 bits per heavy atom. The van der Waals surface area contributed by atoms with E-state index in [4.69, 9.17) is 0 Å². The van der Waals surface area contributed by atoms with Gasteiger partial charge in [0.15, 0.2) is 0 Å². The Labute approximate surface area is 167 Å². The summed E-state index contributed by atoms with van der Waals surface area (Å²) in [6, 6.07) is 3.97. The molecule has 1 aliphatic carbocycles. The molecule has 0 spiro atoms. The third-order valence-corrected chi connectivity index (χ3v) is 6.15. The van der Waals surface area contributed by atoms with E-state index in [1.165, 1.54) is 0 Å². The van der Waals surface area contributed by atoms with E-state index in [9.17, 15) is 9.59 Å². The Balaban J connectivity index is 1.34. The fraction of sp³-hybridized carbons (Fsp3) is 0.667. The van der Waals surface area contributed by atoms with Crippen molar-refractivity contribution < 1.29 is 9.59 Å². The fourth-order valence-electron chi connectivity index (χ4n) is 4.18. The second kappa shape index (κ2) is 8.47. The van der Waals surface area contributed by atoms with Gasteiger partial charge in [-0.05, 0) is 38.8 Å². The van der Waals surface area contributed by atoms with Crippen LogP contribution in [0.1, 0.15) is 31.2 Å². The normalized spacial score (nSPS) is 23.5. The number of carbonyl (C=O) groups excluding carboxylic acids is 2. The summed E-state index contributed by atoms with van der Waals surface area (Å²) in [5.74, 6) is 1.41. The molecular weight excluding hydrogens is 354 g/mol. The molecule has 7 nitrogen and oxygen atoms in total. The molecule has 2 amide bonds. The molecule has 7 heteroatoms. The van der Waals surface area contributed by atoms with Crippen LogP contribution in [0.15, 0.2) is 18.3 Å². The maximum atomic E-state index is 12.8. The summed E-state index contributed by atoms with van der Waals surface area (Å²) >= 11 is 0. The zero-order chi connectivity index (χ0) is 19.5. The molecule has 4 rings (SSSR count). The van der Waals surface area contributed by atoms with Crippen LogP contribution in [0.4, 0.5) is 5.82 Å². The van der Waals surface area contributed by atoms with Gasteiger partial charge in [-0.15, -0.1) is 0 Å². The Hall–Kier alpha value is -2.15. The average molecular weight is 386 g/mol. The van der Waals surface area contributed by atoms with Gasteiger partial charge < -0.3 is 20.0 Å². The molecule has 1 N–H and O–H groups in total. The van der Waals surface area contributed by atoms with E-state index < -0.39 is 0 Å². The van der Waals surface area contributed by atoms with Gasteiger partial charge in [-0.1, -0.05) is 6.07 Å². The Morgan fingerprint density at radius 1 is 1.11 bits per heavy atom. The van der Waals surface area contributed by atoms with Gasteiger partial charge in [0.05, 0.1) is 5.92 Å². The topological polar surface area (TPSA) is 68.8 Å². The number of rotatable bonds is 5. The fourth-order valence-corrected chi connectivity index (χ4v) is 4.18. The van der Waals surface area contributed by atoms with E-state index >= 15 is 0 Å². The number of hydrogen-bond acceptors (Lipinski definition) is 5. The molecule has 0 aromatic carbocycles. The van der Waals surface area contributed by atoms with E-state index in [1.54, 1.807) is 0 Å². The maximum absolute atomic E-state index is 12.8. The first-order valence-corrected chi connectivity index (χ1v) is 10.6. The highest BCUT2D eigenvalue weighted by Crippen LogP contribution is 2.32. The molecular formula is C21H31N5O2. The van der Waals surface area contributed by atoms with Crippen LogP contribution in [0, 0.1) is 11.8 Å². The molecule has 3 heterocycles. The standard InChI is InChI=1S/C21H31N5O2/c1-24-10-12-25(13-11-24)19-17(4-2-8-22-19)14-23-20(27)18-5-3-9-26(15-18)21(28)16-6-7-16/h2,4,8,16,18H,3,5-7,9-15H2,1H3,(H,23,27).